The molecule has 10 nitrogen and oxygen atoms in total. The number of aromatic nitrogens is 4. The number of H-pyrrole nitrogens is 1. The zero-order valence-electron chi connectivity index (χ0n) is 19.5. The number of hydrogen-bond acceptors (Lipinski definition) is 8. The van der Waals surface area contributed by atoms with Crippen molar-refractivity contribution in [2.24, 2.45) is 0 Å². The lowest BCUT2D eigenvalue weighted by atomic mass is 10.1. The maximum atomic E-state index is 13.4. The molecule has 0 saturated carbocycles. The third kappa shape index (κ3) is 5.78. The molecule has 0 bridgehead atoms. The standard InChI is InChI=1S/C21H23F6N7O3/c1-2-37-13-7-15(34(11-13)16-8-14(21(25,26)27)17(35)31-30-16)18(36)32-3-5-33(6-4-32)19-28-9-12(10-29-19)20(22,23)24/h8-10,13,15H,2-7,11H2,1H3,(H,31,35)/t13-,15-/m0/s1. The Morgan fingerprint density at radius 3 is 2.30 bits per heavy atom. The second-order valence-electron chi connectivity index (χ2n) is 8.53. The highest BCUT2D eigenvalue weighted by molar-refractivity contribution is 5.86. The first-order chi connectivity index (χ1) is 17.4. The van der Waals surface area contributed by atoms with Crippen LogP contribution in [0, 0.1) is 0 Å². The van der Waals surface area contributed by atoms with Crippen LogP contribution in [-0.2, 0) is 21.9 Å². The average molecular weight is 535 g/mol. The van der Waals surface area contributed by atoms with Crippen molar-refractivity contribution in [2.45, 2.75) is 37.8 Å². The lowest BCUT2D eigenvalue weighted by Gasteiger charge is -2.37. The van der Waals surface area contributed by atoms with Gasteiger partial charge < -0.3 is 19.4 Å². The van der Waals surface area contributed by atoms with Gasteiger partial charge in [0.2, 0.25) is 11.9 Å². The molecular weight excluding hydrogens is 512 g/mol. The Labute approximate surface area is 206 Å². The number of piperazine rings is 1. The Morgan fingerprint density at radius 2 is 1.73 bits per heavy atom. The molecular formula is C21H23F6N7O3. The quantitative estimate of drug-likeness (QED) is 0.579. The van der Waals surface area contributed by atoms with E-state index in [0.29, 0.717) is 25.1 Å². The second kappa shape index (κ2) is 10.1. The van der Waals surface area contributed by atoms with Crippen LogP contribution in [-0.4, -0.2) is 82.4 Å². The highest BCUT2D eigenvalue weighted by Crippen LogP contribution is 2.32. The Bertz CT molecular complexity index is 1160. The van der Waals surface area contributed by atoms with Gasteiger partial charge in [-0.05, 0) is 6.92 Å². The smallest absolute Gasteiger partial charge is 0.377 e. The van der Waals surface area contributed by atoms with Crippen molar-refractivity contribution < 1.29 is 35.9 Å². The summed E-state index contributed by atoms with van der Waals surface area (Å²) in [4.78, 5) is 37.1. The van der Waals surface area contributed by atoms with E-state index in [1.165, 1.54) is 9.80 Å². The number of halogens is 6. The van der Waals surface area contributed by atoms with Crippen LogP contribution in [0.25, 0.3) is 0 Å². The number of rotatable bonds is 5. The van der Waals surface area contributed by atoms with Crippen molar-refractivity contribution in [3.63, 3.8) is 0 Å². The van der Waals surface area contributed by atoms with Crippen LogP contribution >= 0.6 is 0 Å². The lowest BCUT2D eigenvalue weighted by molar-refractivity contribution is -0.139. The summed E-state index contributed by atoms with van der Waals surface area (Å²) < 4.78 is 83.7. The molecule has 2 aliphatic rings. The summed E-state index contributed by atoms with van der Waals surface area (Å²) in [5, 5.41) is 5.59. The topological polar surface area (TPSA) is 108 Å². The average Bonchev–Trinajstić information content (AvgIpc) is 3.27. The largest absolute Gasteiger partial charge is 0.421 e. The van der Waals surface area contributed by atoms with E-state index in [-0.39, 0.29) is 56.8 Å². The second-order valence-corrected chi connectivity index (χ2v) is 8.53. The lowest BCUT2D eigenvalue weighted by Crippen LogP contribution is -2.54. The number of carbonyl (C=O) groups excluding carboxylic acids is 1. The fraction of sp³-hybridized carbons (Fsp3) is 0.571. The molecule has 4 heterocycles. The number of ether oxygens (including phenoxy) is 1. The molecule has 37 heavy (non-hydrogen) atoms. The minimum Gasteiger partial charge on any atom is -0.377 e. The number of carbonyl (C=O) groups is 1. The van der Waals surface area contributed by atoms with E-state index in [4.69, 9.17) is 4.74 Å². The zero-order valence-corrected chi connectivity index (χ0v) is 19.5. The SMILES string of the molecule is CCO[C@H]1C[C@@H](C(=O)N2CCN(c3ncc(C(F)(F)F)cn3)CC2)N(c2cc(C(F)(F)F)c(=O)[nH]n2)C1. The number of alkyl halides is 6. The minimum absolute atomic E-state index is 0.0936. The molecule has 1 amide bonds. The van der Waals surface area contributed by atoms with Crippen LogP contribution in [0.4, 0.5) is 38.1 Å². The molecule has 202 valence electrons. The first kappa shape index (κ1) is 26.6. The number of hydrogen-bond donors (Lipinski definition) is 1. The van der Waals surface area contributed by atoms with E-state index in [1.54, 1.807) is 11.8 Å². The minimum atomic E-state index is -4.90. The van der Waals surface area contributed by atoms with Crippen LogP contribution in [0.5, 0.6) is 0 Å². The van der Waals surface area contributed by atoms with Crippen LogP contribution in [0.1, 0.15) is 24.5 Å². The summed E-state index contributed by atoms with van der Waals surface area (Å²) in [5.41, 5.74) is -3.78. The molecule has 0 unspecified atom stereocenters. The maximum Gasteiger partial charge on any atom is 0.421 e. The molecule has 16 heteroatoms. The number of amides is 1. The van der Waals surface area contributed by atoms with E-state index in [1.807, 2.05) is 5.10 Å². The van der Waals surface area contributed by atoms with Crippen molar-refractivity contribution in [3.05, 3.63) is 39.9 Å². The number of aromatic amines is 1. The molecule has 0 radical (unpaired) electrons. The van der Waals surface area contributed by atoms with Gasteiger partial charge in [0, 0.05) is 64.2 Å². The fourth-order valence-electron chi connectivity index (χ4n) is 4.36. The van der Waals surface area contributed by atoms with Crippen LogP contribution in [0.3, 0.4) is 0 Å². The third-order valence-electron chi connectivity index (χ3n) is 6.18. The number of nitrogens with one attached hydrogen (secondary N) is 1. The van der Waals surface area contributed by atoms with E-state index >= 15 is 0 Å². The van der Waals surface area contributed by atoms with Gasteiger partial charge in [-0.3, -0.25) is 9.59 Å². The molecule has 2 atom stereocenters. The van der Waals surface area contributed by atoms with Gasteiger partial charge in [0.15, 0.2) is 5.82 Å². The highest BCUT2D eigenvalue weighted by Gasteiger charge is 2.42. The molecule has 2 aromatic heterocycles. The van der Waals surface area contributed by atoms with Crippen LogP contribution in [0.2, 0.25) is 0 Å². The van der Waals surface area contributed by atoms with Crippen molar-refractivity contribution in [1.82, 2.24) is 25.1 Å². The first-order valence-corrected chi connectivity index (χ1v) is 11.4. The maximum absolute atomic E-state index is 13.4. The van der Waals surface area contributed by atoms with Gasteiger partial charge in [-0.15, -0.1) is 0 Å². The predicted octanol–water partition coefficient (Wildman–Crippen LogP) is 1.93. The van der Waals surface area contributed by atoms with Gasteiger partial charge >= 0.3 is 12.4 Å². The molecule has 1 N–H and O–H groups in total. The Morgan fingerprint density at radius 1 is 1.08 bits per heavy atom. The molecule has 2 aromatic rings. The molecule has 0 aromatic carbocycles. The number of nitrogens with zero attached hydrogens (tertiary/aromatic N) is 6. The molecule has 4 rings (SSSR count). The van der Waals surface area contributed by atoms with Gasteiger partial charge in [-0.2, -0.15) is 31.4 Å². The molecule has 2 aliphatic heterocycles. The van der Waals surface area contributed by atoms with Crippen molar-refractivity contribution in [2.75, 3.05) is 49.1 Å². The zero-order chi connectivity index (χ0) is 27.0. The molecule has 2 saturated heterocycles. The monoisotopic (exact) mass is 535 g/mol. The summed E-state index contributed by atoms with van der Waals surface area (Å²) >= 11 is 0. The molecule has 0 spiro atoms. The van der Waals surface area contributed by atoms with Gasteiger partial charge in [0.05, 0.1) is 11.7 Å². The van der Waals surface area contributed by atoms with Crippen molar-refractivity contribution in [3.8, 4) is 0 Å². The van der Waals surface area contributed by atoms with Crippen LogP contribution in [0.15, 0.2) is 23.3 Å². The summed E-state index contributed by atoms with van der Waals surface area (Å²) in [6, 6.07) is -0.266. The summed E-state index contributed by atoms with van der Waals surface area (Å²) in [5.74, 6) is -0.475. The van der Waals surface area contributed by atoms with E-state index in [9.17, 15) is 35.9 Å². The van der Waals surface area contributed by atoms with E-state index in [0.717, 1.165) is 0 Å². The fourth-order valence-corrected chi connectivity index (χ4v) is 4.36. The van der Waals surface area contributed by atoms with Crippen LogP contribution < -0.4 is 15.4 Å². The normalized spacial score (nSPS) is 21.0. The first-order valence-electron chi connectivity index (χ1n) is 11.4. The van der Waals surface area contributed by atoms with E-state index in [2.05, 4.69) is 15.1 Å². The summed E-state index contributed by atoms with van der Waals surface area (Å²) in [6.07, 6.45) is -8.31. The van der Waals surface area contributed by atoms with Gasteiger partial charge in [0.25, 0.3) is 5.56 Å². The van der Waals surface area contributed by atoms with Gasteiger partial charge in [0.1, 0.15) is 11.6 Å². The Hall–Kier alpha value is -3.43. The Kier molecular flexibility index (Phi) is 7.30. The van der Waals surface area contributed by atoms with Crippen molar-refractivity contribution in [1.29, 1.82) is 0 Å². The summed E-state index contributed by atoms with van der Waals surface area (Å²) in [6.45, 7) is 3.06. The Balaban J connectivity index is 1.48. The van der Waals surface area contributed by atoms with Gasteiger partial charge in [-0.1, -0.05) is 0 Å². The molecule has 2 fully saturated rings. The third-order valence-corrected chi connectivity index (χ3v) is 6.18. The van der Waals surface area contributed by atoms with Gasteiger partial charge in [-0.25, -0.2) is 15.1 Å². The summed E-state index contributed by atoms with van der Waals surface area (Å²) in [7, 11) is 0. The van der Waals surface area contributed by atoms with E-state index < -0.39 is 41.2 Å². The highest BCUT2D eigenvalue weighted by atomic mass is 19.4. The predicted molar refractivity (Wildman–Crippen MR) is 117 cm³/mol. The molecule has 0 aliphatic carbocycles. The van der Waals surface area contributed by atoms with Crippen molar-refractivity contribution >= 4 is 17.7 Å². The number of anilines is 2.